The van der Waals surface area contributed by atoms with Crippen LogP contribution in [0.1, 0.15) is 18.4 Å². The van der Waals surface area contributed by atoms with Crippen molar-refractivity contribution < 1.29 is 4.79 Å². The van der Waals surface area contributed by atoms with E-state index in [1.165, 1.54) is 0 Å². The molecule has 0 bridgehead atoms. The van der Waals surface area contributed by atoms with Gasteiger partial charge in [0.2, 0.25) is 5.91 Å². The molecule has 1 aromatic heterocycles. The molecule has 0 fully saturated rings. The molecule has 0 spiro atoms. The summed E-state index contributed by atoms with van der Waals surface area (Å²) in [5, 5.41) is 2.71. The summed E-state index contributed by atoms with van der Waals surface area (Å²) < 4.78 is 0. The number of hydrogen-bond donors (Lipinski definition) is 1. The van der Waals surface area contributed by atoms with Crippen LogP contribution in [0.4, 0.5) is 5.82 Å². The molecule has 3 nitrogen and oxygen atoms in total. The fraction of sp³-hybridized carbons (Fsp3) is 0.400. The van der Waals surface area contributed by atoms with E-state index in [-0.39, 0.29) is 5.91 Å². The van der Waals surface area contributed by atoms with Gasteiger partial charge in [-0.1, -0.05) is 0 Å². The Morgan fingerprint density at radius 1 is 1.64 bits per heavy atom. The molecular formula is C10H13ClN2O. The zero-order valence-corrected chi connectivity index (χ0v) is 8.84. The number of amides is 1. The Kier molecular flexibility index (Phi) is 4.40. The molecule has 1 rings (SSSR count). The van der Waals surface area contributed by atoms with Crippen LogP contribution in [0.2, 0.25) is 0 Å². The number of anilines is 1. The van der Waals surface area contributed by atoms with Gasteiger partial charge in [-0.15, -0.1) is 11.6 Å². The molecule has 0 aromatic carbocycles. The second-order valence-electron chi connectivity index (χ2n) is 3.06. The van der Waals surface area contributed by atoms with Gasteiger partial charge in [-0.2, -0.15) is 0 Å². The number of carbonyl (C=O) groups excluding carboxylic acids is 1. The van der Waals surface area contributed by atoms with Gasteiger partial charge in [0.05, 0.1) is 0 Å². The highest BCUT2D eigenvalue weighted by atomic mass is 35.5. The Morgan fingerprint density at radius 3 is 3.07 bits per heavy atom. The molecule has 0 aliphatic heterocycles. The van der Waals surface area contributed by atoms with Crippen molar-refractivity contribution >= 4 is 23.3 Å². The van der Waals surface area contributed by atoms with E-state index >= 15 is 0 Å². The van der Waals surface area contributed by atoms with Crippen molar-refractivity contribution in [1.82, 2.24) is 4.98 Å². The molecule has 0 saturated carbocycles. The molecule has 1 aromatic rings. The van der Waals surface area contributed by atoms with Crippen molar-refractivity contribution in [2.45, 2.75) is 19.8 Å². The third kappa shape index (κ3) is 3.75. The van der Waals surface area contributed by atoms with Gasteiger partial charge in [0.1, 0.15) is 5.82 Å². The highest BCUT2D eigenvalue weighted by molar-refractivity contribution is 6.18. The van der Waals surface area contributed by atoms with Gasteiger partial charge in [0.15, 0.2) is 0 Å². The predicted octanol–water partition coefficient (Wildman–Crippen LogP) is 2.35. The van der Waals surface area contributed by atoms with Gasteiger partial charge in [0.25, 0.3) is 0 Å². The van der Waals surface area contributed by atoms with Crippen LogP contribution >= 0.6 is 11.6 Å². The minimum absolute atomic E-state index is 0.0382. The van der Waals surface area contributed by atoms with Crippen LogP contribution in [0.15, 0.2) is 18.3 Å². The SMILES string of the molecule is Cc1ccnc(NC(=O)CCCCl)c1. The number of aryl methyl sites for hydroxylation is 1. The Morgan fingerprint density at radius 2 is 2.43 bits per heavy atom. The van der Waals surface area contributed by atoms with Crippen LogP contribution in [0.5, 0.6) is 0 Å². The average Bonchev–Trinajstić information content (AvgIpc) is 2.15. The summed E-state index contributed by atoms with van der Waals surface area (Å²) in [5.41, 5.74) is 1.08. The van der Waals surface area contributed by atoms with E-state index < -0.39 is 0 Å². The lowest BCUT2D eigenvalue weighted by Crippen LogP contribution is -2.12. The van der Waals surface area contributed by atoms with Gasteiger partial charge in [0, 0.05) is 18.5 Å². The Hall–Kier alpha value is -1.09. The maximum Gasteiger partial charge on any atom is 0.225 e. The Bertz CT molecular complexity index is 315. The first-order valence-corrected chi connectivity index (χ1v) is 5.04. The molecular weight excluding hydrogens is 200 g/mol. The average molecular weight is 213 g/mol. The van der Waals surface area contributed by atoms with E-state index in [1.54, 1.807) is 6.20 Å². The van der Waals surface area contributed by atoms with Gasteiger partial charge in [-0.05, 0) is 31.0 Å². The fourth-order valence-corrected chi connectivity index (χ4v) is 1.17. The van der Waals surface area contributed by atoms with E-state index in [9.17, 15) is 4.79 Å². The van der Waals surface area contributed by atoms with Crippen molar-refractivity contribution in [3.8, 4) is 0 Å². The molecule has 0 radical (unpaired) electrons. The van der Waals surface area contributed by atoms with Crippen molar-refractivity contribution in [3.63, 3.8) is 0 Å². The zero-order chi connectivity index (χ0) is 10.4. The first-order valence-electron chi connectivity index (χ1n) is 4.51. The molecule has 1 N–H and O–H groups in total. The minimum atomic E-state index is -0.0382. The third-order valence-corrected chi connectivity index (χ3v) is 1.99. The summed E-state index contributed by atoms with van der Waals surface area (Å²) in [6, 6.07) is 3.72. The third-order valence-electron chi connectivity index (χ3n) is 1.72. The highest BCUT2D eigenvalue weighted by Gasteiger charge is 2.01. The molecule has 0 aliphatic carbocycles. The van der Waals surface area contributed by atoms with Crippen molar-refractivity contribution in [1.29, 1.82) is 0 Å². The molecule has 0 saturated heterocycles. The first kappa shape index (κ1) is 11.0. The standard InChI is InChI=1S/C10H13ClN2O/c1-8-4-6-12-9(7-8)13-10(14)3-2-5-11/h4,6-7H,2-3,5H2,1H3,(H,12,13,14). The molecule has 0 unspecified atom stereocenters. The number of pyridine rings is 1. The maximum atomic E-state index is 11.3. The van der Waals surface area contributed by atoms with E-state index in [2.05, 4.69) is 10.3 Å². The van der Waals surface area contributed by atoms with Crippen LogP contribution in [-0.4, -0.2) is 16.8 Å². The first-order chi connectivity index (χ1) is 6.72. The maximum absolute atomic E-state index is 11.3. The fourth-order valence-electron chi connectivity index (χ4n) is 1.04. The molecule has 76 valence electrons. The number of halogens is 1. The van der Waals surface area contributed by atoms with Crippen molar-refractivity contribution in [2.24, 2.45) is 0 Å². The molecule has 1 amide bonds. The number of nitrogens with one attached hydrogen (secondary N) is 1. The number of alkyl halides is 1. The quantitative estimate of drug-likeness (QED) is 0.779. The van der Waals surface area contributed by atoms with Crippen molar-refractivity contribution in [2.75, 3.05) is 11.2 Å². The summed E-state index contributed by atoms with van der Waals surface area (Å²) >= 11 is 5.48. The lowest BCUT2D eigenvalue weighted by molar-refractivity contribution is -0.116. The van der Waals surface area contributed by atoms with Crippen LogP contribution in [0.3, 0.4) is 0 Å². The number of nitrogens with zero attached hydrogens (tertiary/aromatic N) is 1. The van der Waals surface area contributed by atoms with Gasteiger partial charge in [-0.3, -0.25) is 4.79 Å². The van der Waals surface area contributed by atoms with E-state index in [1.807, 2.05) is 19.1 Å². The minimum Gasteiger partial charge on any atom is -0.311 e. The predicted molar refractivity (Wildman–Crippen MR) is 57.6 cm³/mol. The number of carbonyl (C=O) groups is 1. The summed E-state index contributed by atoms with van der Waals surface area (Å²) in [4.78, 5) is 15.3. The van der Waals surface area contributed by atoms with Gasteiger partial charge >= 0.3 is 0 Å². The molecule has 0 atom stereocenters. The Labute approximate surface area is 88.5 Å². The summed E-state index contributed by atoms with van der Waals surface area (Å²) in [6.07, 6.45) is 2.81. The van der Waals surface area contributed by atoms with Crippen LogP contribution in [0, 0.1) is 6.92 Å². The molecule has 4 heteroatoms. The van der Waals surface area contributed by atoms with Crippen LogP contribution < -0.4 is 5.32 Å². The second-order valence-corrected chi connectivity index (χ2v) is 3.44. The molecule has 0 aliphatic rings. The van der Waals surface area contributed by atoms with Crippen molar-refractivity contribution in [3.05, 3.63) is 23.9 Å². The van der Waals surface area contributed by atoms with E-state index in [0.717, 1.165) is 5.56 Å². The molecule has 1 heterocycles. The van der Waals surface area contributed by atoms with Gasteiger partial charge in [-0.25, -0.2) is 4.98 Å². The monoisotopic (exact) mass is 212 g/mol. The normalized spacial score (nSPS) is 9.86. The zero-order valence-electron chi connectivity index (χ0n) is 8.09. The lowest BCUT2D eigenvalue weighted by atomic mass is 10.3. The molecule has 14 heavy (non-hydrogen) atoms. The van der Waals surface area contributed by atoms with Crippen LogP contribution in [-0.2, 0) is 4.79 Å². The second kappa shape index (κ2) is 5.60. The smallest absolute Gasteiger partial charge is 0.225 e. The van der Waals surface area contributed by atoms with E-state index in [4.69, 9.17) is 11.6 Å². The number of hydrogen-bond acceptors (Lipinski definition) is 2. The highest BCUT2D eigenvalue weighted by Crippen LogP contribution is 2.06. The van der Waals surface area contributed by atoms with Crippen LogP contribution in [0.25, 0.3) is 0 Å². The van der Waals surface area contributed by atoms with E-state index in [0.29, 0.717) is 24.5 Å². The topological polar surface area (TPSA) is 42.0 Å². The lowest BCUT2D eigenvalue weighted by Gasteiger charge is -2.03. The summed E-state index contributed by atoms with van der Waals surface area (Å²) in [5.74, 6) is 1.07. The number of rotatable bonds is 4. The summed E-state index contributed by atoms with van der Waals surface area (Å²) in [6.45, 7) is 1.95. The van der Waals surface area contributed by atoms with Gasteiger partial charge < -0.3 is 5.32 Å². The summed E-state index contributed by atoms with van der Waals surface area (Å²) in [7, 11) is 0. The Balaban J connectivity index is 2.47. The number of aromatic nitrogens is 1. The largest absolute Gasteiger partial charge is 0.311 e.